The molecule has 5 nitrogen and oxygen atoms in total. The summed E-state index contributed by atoms with van der Waals surface area (Å²) < 4.78 is 4.55. The maximum absolute atomic E-state index is 10.8. The van der Waals surface area contributed by atoms with E-state index >= 15 is 0 Å². The minimum atomic E-state index is -0.151. The molecule has 1 rings (SSSR count). The van der Waals surface area contributed by atoms with Crippen LogP contribution in [0.5, 0.6) is 0 Å². The average Bonchev–Trinajstić information content (AvgIpc) is 2.35. The molecule has 1 heterocycles. The van der Waals surface area contributed by atoms with Gasteiger partial charge >= 0.3 is 5.97 Å². The van der Waals surface area contributed by atoms with Crippen molar-refractivity contribution in [2.24, 2.45) is 0 Å². The van der Waals surface area contributed by atoms with Crippen LogP contribution in [0.1, 0.15) is 25.7 Å². The number of hydrogen-bond acceptors (Lipinski definition) is 5. The van der Waals surface area contributed by atoms with Crippen LogP contribution in [0.15, 0.2) is 12.1 Å². The van der Waals surface area contributed by atoms with Gasteiger partial charge in [-0.15, -0.1) is 10.2 Å². The standard InChI is InChI=1S/C11H16ClN3O2/c1-17-11(16)5-3-2-4-8-13-10-7-6-9(12)14-15-10/h6-7H,2-5,8H2,1H3,(H,13,15). The number of methoxy groups -OCH3 is 1. The molecular weight excluding hydrogens is 242 g/mol. The minimum absolute atomic E-state index is 0.151. The van der Waals surface area contributed by atoms with Crippen LogP contribution in [-0.4, -0.2) is 29.8 Å². The van der Waals surface area contributed by atoms with Gasteiger partial charge in [0.05, 0.1) is 7.11 Å². The maximum atomic E-state index is 10.8. The van der Waals surface area contributed by atoms with Crippen molar-refractivity contribution >= 4 is 23.4 Å². The molecule has 0 saturated carbocycles. The van der Waals surface area contributed by atoms with Crippen LogP contribution < -0.4 is 5.32 Å². The Labute approximate surface area is 106 Å². The van der Waals surface area contributed by atoms with Gasteiger partial charge in [0.15, 0.2) is 5.15 Å². The molecule has 94 valence electrons. The van der Waals surface area contributed by atoms with Gasteiger partial charge in [0.25, 0.3) is 0 Å². The predicted octanol–water partition coefficient (Wildman–Crippen LogP) is 2.28. The third-order valence-electron chi connectivity index (χ3n) is 2.22. The second-order valence-electron chi connectivity index (χ2n) is 3.55. The fraction of sp³-hybridized carbons (Fsp3) is 0.545. The van der Waals surface area contributed by atoms with Gasteiger partial charge in [-0.25, -0.2) is 0 Å². The van der Waals surface area contributed by atoms with Crippen LogP contribution in [0, 0.1) is 0 Å². The molecule has 0 spiro atoms. The molecule has 0 atom stereocenters. The summed E-state index contributed by atoms with van der Waals surface area (Å²) in [6, 6.07) is 3.47. The van der Waals surface area contributed by atoms with Crippen LogP contribution in [0.2, 0.25) is 5.15 Å². The van der Waals surface area contributed by atoms with Gasteiger partial charge < -0.3 is 10.1 Å². The molecule has 0 aliphatic carbocycles. The van der Waals surface area contributed by atoms with Crippen molar-refractivity contribution in [1.29, 1.82) is 0 Å². The average molecular weight is 258 g/mol. The summed E-state index contributed by atoms with van der Waals surface area (Å²) >= 11 is 5.61. The summed E-state index contributed by atoms with van der Waals surface area (Å²) in [5, 5.41) is 11.1. The van der Waals surface area contributed by atoms with Crippen LogP contribution in [-0.2, 0) is 9.53 Å². The van der Waals surface area contributed by atoms with E-state index < -0.39 is 0 Å². The van der Waals surface area contributed by atoms with Crippen LogP contribution >= 0.6 is 11.6 Å². The Balaban J connectivity index is 2.04. The fourth-order valence-electron chi connectivity index (χ4n) is 1.30. The Hall–Kier alpha value is -1.36. The number of nitrogens with zero attached hydrogens (tertiary/aromatic N) is 2. The van der Waals surface area contributed by atoms with Crippen molar-refractivity contribution in [3.05, 3.63) is 17.3 Å². The number of aromatic nitrogens is 2. The van der Waals surface area contributed by atoms with E-state index in [4.69, 9.17) is 11.6 Å². The number of carbonyl (C=O) groups is 1. The van der Waals surface area contributed by atoms with Crippen LogP contribution in [0.3, 0.4) is 0 Å². The molecule has 0 bridgehead atoms. The van der Waals surface area contributed by atoms with Gasteiger partial charge in [-0.3, -0.25) is 4.79 Å². The summed E-state index contributed by atoms with van der Waals surface area (Å²) in [7, 11) is 1.41. The normalized spacial score (nSPS) is 10.0. The molecule has 0 aliphatic rings. The van der Waals surface area contributed by atoms with Crippen LogP contribution in [0.25, 0.3) is 0 Å². The van der Waals surface area contributed by atoms with E-state index in [1.54, 1.807) is 12.1 Å². The predicted molar refractivity (Wildman–Crippen MR) is 66.0 cm³/mol. The van der Waals surface area contributed by atoms with Gasteiger partial charge in [0.2, 0.25) is 0 Å². The van der Waals surface area contributed by atoms with Crippen molar-refractivity contribution in [2.75, 3.05) is 19.0 Å². The van der Waals surface area contributed by atoms with Crippen LogP contribution in [0.4, 0.5) is 5.82 Å². The monoisotopic (exact) mass is 257 g/mol. The molecule has 0 unspecified atom stereocenters. The van der Waals surface area contributed by atoms with E-state index in [9.17, 15) is 4.79 Å². The molecular formula is C11H16ClN3O2. The first-order chi connectivity index (χ1) is 8.22. The van der Waals surface area contributed by atoms with Gasteiger partial charge in [-0.05, 0) is 25.0 Å². The Bertz CT molecular complexity index is 343. The molecule has 17 heavy (non-hydrogen) atoms. The van der Waals surface area contributed by atoms with Gasteiger partial charge in [0.1, 0.15) is 5.82 Å². The number of nitrogens with one attached hydrogen (secondary N) is 1. The van der Waals surface area contributed by atoms with E-state index in [0.29, 0.717) is 17.4 Å². The third kappa shape index (κ3) is 6.06. The lowest BCUT2D eigenvalue weighted by atomic mass is 10.2. The zero-order valence-electron chi connectivity index (χ0n) is 9.78. The van der Waals surface area contributed by atoms with E-state index in [1.165, 1.54) is 7.11 Å². The van der Waals surface area contributed by atoms with Crippen molar-refractivity contribution in [3.8, 4) is 0 Å². The highest BCUT2D eigenvalue weighted by Gasteiger charge is 1.99. The SMILES string of the molecule is COC(=O)CCCCCNc1ccc(Cl)nn1. The second kappa shape index (κ2) is 7.84. The van der Waals surface area contributed by atoms with Gasteiger partial charge in [-0.2, -0.15) is 0 Å². The first-order valence-electron chi connectivity index (χ1n) is 5.52. The van der Waals surface area contributed by atoms with Crippen molar-refractivity contribution in [3.63, 3.8) is 0 Å². The Morgan fingerprint density at radius 1 is 1.35 bits per heavy atom. The Morgan fingerprint density at radius 2 is 2.18 bits per heavy atom. The molecule has 0 amide bonds. The summed E-state index contributed by atoms with van der Waals surface area (Å²) in [4.78, 5) is 10.8. The number of carbonyl (C=O) groups excluding carboxylic acids is 1. The molecule has 1 aromatic heterocycles. The fourth-order valence-corrected chi connectivity index (χ4v) is 1.40. The highest BCUT2D eigenvalue weighted by Crippen LogP contribution is 2.07. The Morgan fingerprint density at radius 3 is 2.82 bits per heavy atom. The number of rotatable bonds is 7. The molecule has 1 N–H and O–H groups in total. The third-order valence-corrected chi connectivity index (χ3v) is 2.43. The lowest BCUT2D eigenvalue weighted by molar-refractivity contribution is -0.140. The first-order valence-corrected chi connectivity index (χ1v) is 5.90. The van der Waals surface area contributed by atoms with E-state index in [0.717, 1.165) is 25.8 Å². The quantitative estimate of drug-likeness (QED) is 0.600. The van der Waals surface area contributed by atoms with Crippen molar-refractivity contribution < 1.29 is 9.53 Å². The zero-order valence-corrected chi connectivity index (χ0v) is 10.5. The summed E-state index contributed by atoms with van der Waals surface area (Å²) in [6.45, 7) is 0.803. The van der Waals surface area contributed by atoms with E-state index in [2.05, 4.69) is 20.3 Å². The Kier molecular flexibility index (Phi) is 6.32. The van der Waals surface area contributed by atoms with Crippen molar-refractivity contribution in [1.82, 2.24) is 10.2 Å². The number of halogens is 1. The molecule has 6 heteroatoms. The molecule has 1 aromatic rings. The lowest BCUT2D eigenvalue weighted by Gasteiger charge is -2.04. The highest BCUT2D eigenvalue weighted by molar-refractivity contribution is 6.29. The summed E-state index contributed by atoms with van der Waals surface area (Å²) in [5.41, 5.74) is 0. The highest BCUT2D eigenvalue weighted by atomic mass is 35.5. The molecule has 0 aliphatic heterocycles. The summed E-state index contributed by atoms with van der Waals surface area (Å²) in [6.07, 6.45) is 3.28. The minimum Gasteiger partial charge on any atom is -0.469 e. The largest absolute Gasteiger partial charge is 0.469 e. The topological polar surface area (TPSA) is 64.1 Å². The second-order valence-corrected chi connectivity index (χ2v) is 3.94. The number of ether oxygens (including phenoxy) is 1. The van der Waals surface area contributed by atoms with Crippen molar-refractivity contribution in [2.45, 2.75) is 25.7 Å². The number of anilines is 1. The van der Waals surface area contributed by atoms with Gasteiger partial charge in [-0.1, -0.05) is 18.0 Å². The first kappa shape index (κ1) is 13.7. The number of hydrogen-bond donors (Lipinski definition) is 1. The van der Waals surface area contributed by atoms with Gasteiger partial charge in [0, 0.05) is 13.0 Å². The van der Waals surface area contributed by atoms with E-state index in [1.807, 2.05) is 0 Å². The molecule has 0 aromatic carbocycles. The lowest BCUT2D eigenvalue weighted by Crippen LogP contribution is -2.05. The zero-order chi connectivity index (χ0) is 12.5. The molecule has 0 radical (unpaired) electrons. The molecule has 0 fully saturated rings. The van der Waals surface area contributed by atoms with E-state index in [-0.39, 0.29) is 5.97 Å². The summed E-state index contributed by atoms with van der Waals surface area (Å²) in [5.74, 6) is 0.559. The number of esters is 1. The smallest absolute Gasteiger partial charge is 0.305 e. The number of unbranched alkanes of at least 4 members (excludes halogenated alkanes) is 2. The maximum Gasteiger partial charge on any atom is 0.305 e. The molecule has 0 saturated heterocycles.